The first-order valence-corrected chi connectivity index (χ1v) is 9.98. The Balaban J connectivity index is 2.37. The summed E-state index contributed by atoms with van der Waals surface area (Å²) in [6.07, 6.45) is 6.51. The van der Waals surface area contributed by atoms with Gasteiger partial charge in [-0.2, -0.15) is 0 Å². The zero-order valence-electron chi connectivity index (χ0n) is 11.1. The highest BCUT2D eigenvalue weighted by molar-refractivity contribution is 6.77. The van der Waals surface area contributed by atoms with Gasteiger partial charge in [-0.15, -0.1) is 0 Å². The molecule has 1 aliphatic carbocycles. The summed E-state index contributed by atoms with van der Waals surface area (Å²) in [6, 6.07) is 0. The second-order valence-electron chi connectivity index (χ2n) is 7.10. The zero-order valence-corrected chi connectivity index (χ0v) is 12.1. The summed E-state index contributed by atoms with van der Waals surface area (Å²) in [6.45, 7) is 11.4. The molecule has 0 aromatic heterocycles. The van der Waals surface area contributed by atoms with Gasteiger partial charge in [-0.05, 0) is 31.7 Å². The highest BCUT2D eigenvalue weighted by Gasteiger charge is 2.32. The molecule has 0 amide bonds. The quantitative estimate of drug-likeness (QED) is 0.723. The van der Waals surface area contributed by atoms with E-state index >= 15 is 0 Å². The highest BCUT2D eigenvalue weighted by Crippen LogP contribution is 2.41. The van der Waals surface area contributed by atoms with Crippen molar-refractivity contribution < 1.29 is 5.11 Å². The molecule has 1 rings (SSSR count). The van der Waals surface area contributed by atoms with Gasteiger partial charge in [-0.1, -0.05) is 45.3 Å². The van der Waals surface area contributed by atoms with Gasteiger partial charge in [0.1, 0.15) is 0 Å². The normalized spacial score (nSPS) is 29.2. The van der Waals surface area contributed by atoms with Crippen LogP contribution < -0.4 is 0 Å². The molecule has 1 aliphatic rings. The Labute approximate surface area is 96.3 Å². The molecule has 1 nitrogen and oxygen atoms in total. The molecule has 0 bridgehead atoms. The lowest BCUT2D eigenvalue weighted by molar-refractivity contribution is 0.0456. The third-order valence-corrected chi connectivity index (χ3v) is 6.89. The predicted octanol–water partition coefficient (Wildman–Crippen LogP) is 4.05. The standard InChI is InChI=1S/C13H28OSi/c1-13(2,14)10-11-6-8-12(9-7-11)15(3,4)5/h11-12,14H,6-10H2,1-5H3. The van der Waals surface area contributed by atoms with Gasteiger partial charge in [0.2, 0.25) is 0 Å². The maximum Gasteiger partial charge on any atom is 0.0594 e. The van der Waals surface area contributed by atoms with Crippen molar-refractivity contribution in [2.24, 2.45) is 5.92 Å². The molecule has 0 aromatic carbocycles. The van der Waals surface area contributed by atoms with Crippen LogP contribution in [-0.2, 0) is 0 Å². The summed E-state index contributed by atoms with van der Waals surface area (Å²) in [4.78, 5) is 0. The Bertz CT molecular complexity index is 192. The van der Waals surface area contributed by atoms with E-state index in [4.69, 9.17) is 0 Å². The van der Waals surface area contributed by atoms with Gasteiger partial charge in [0, 0.05) is 8.07 Å². The van der Waals surface area contributed by atoms with E-state index in [9.17, 15) is 5.11 Å². The van der Waals surface area contributed by atoms with Crippen molar-refractivity contribution in [3.63, 3.8) is 0 Å². The fourth-order valence-corrected chi connectivity index (χ4v) is 5.00. The van der Waals surface area contributed by atoms with Crippen LogP contribution in [0, 0.1) is 5.92 Å². The minimum Gasteiger partial charge on any atom is -0.390 e. The molecule has 0 aliphatic heterocycles. The average molecular weight is 228 g/mol. The number of aliphatic hydroxyl groups is 1. The first-order chi connectivity index (χ1) is 6.68. The molecular formula is C13H28OSi. The molecule has 0 saturated heterocycles. The van der Waals surface area contributed by atoms with Crippen LogP contribution in [0.2, 0.25) is 25.2 Å². The van der Waals surface area contributed by atoms with Crippen LogP contribution in [0.1, 0.15) is 46.0 Å². The third kappa shape index (κ3) is 4.69. The first kappa shape index (κ1) is 13.2. The molecule has 1 N–H and O–H groups in total. The molecule has 0 atom stereocenters. The molecule has 2 heteroatoms. The van der Waals surface area contributed by atoms with Crippen molar-refractivity contribution in [3.8, 4) is 0 Å². The Hall–Kier alpha value is 0.177. The molecule has 0 spiro atoms. The second kappa shape index (κ2) is 4.58. The number of hydrogen-bond donors (Lipinski definition) is 1. The van der Waals surface area contributed by atoms with Crippen molar-refractivity contribution >= 4 is 8.07 Å². The molecule has 0 aromatic rings. The van der Waals surface area contributed by atoms with Gasteiger partial charge in [0.15, 0.2) is 0 Å². The van der Waals surface area contributed by atoms with Crippen LogP contribution in [0.5, 0.6) is 0 Å². The highest BCUT2D eigenvalue weighted by atomic mass is 28.3. The van der Waals surface area contributed by atoms with Gasteiger partial charge >= 0.3 is 0 Å². The monoisotopic (exact) mass is 228 g/mol. The molecular weight excluding hydrogens is 200 g/mol. The van der Waals surface area contributed by atoms with Crippen LogP contribution in [0.3, 0.4) is 0 Å². The summed E-state index contributed by atoms with van der Waals surface area (Å²) in [5.41, 5.74) is 0.562. The first-order valence-electron chi connectivity index (χ1n) is 6.41. The summed E-state index contributed by atoms with van der Waals surface area (Å²) < 4.78 is 0. The van der Waals surface area contributed by atoms with Gasteiger partial charge in [-0.3, -0.25) is 0 Å². The molecule has 0 unspecified atom stereocenters. The lowest BCUT2D eigenvalue weighted by Gasteiger charge is -2.37. The van der Waals surface area contributed by atoms with E-state index in [2.05, 4.69) is 19.6 Å². The molecule has 90 valence electrons. The van der Waals surface area contributed by atoms with Gasteiger partial charge < -0.3 is 5.11 Å². The fraction of sp³-hybridized carbons (Fsp3) is 1.00. The van der Waals surface area contributed by atoms with Gasteiger partial charge in [0.25, 0.3) is 0 Å². The van der Waals surface area contributed by atoms with E-state index in [-0.39, 0.29) is 0 Å². The Morgan fingerprint density at radius 2 is 1.53 bits per heavy atom. The second-order valence-corrected chi connectivity index (χ2v) is 12.6. The average Bonchev–Trinajstić information content (AvgIpc) is 2.00. The number of hydrogen-bond acceptors (Lipinski definition) is 1. The third-order valence-electron chi connectivity index (χ3n) is 3.86. The molecule has 0 heterocycles. The van der Waals surface area contributed by atoms with E-state index in [1.54, 1.807) is 0 Å². The van der Waals surface area contributed by atoms with E-state index in [0.29, 0.717) is 0 Å². The summed E-state index contributed by atoms with van der Waals surface area (Å²) in [7, 11) is -0.907. The van der Waals surface area contributed by atoms with Crippen LogP contribution >= 0.6 is 0 Å². The van der Waals surface area contributed by atoms with Crippen LogP contribution in [0.25, 0.3) is 0 Å². The Morgan fingerprint density at radius 3 is 1.87 bits per heavy atom. The maximum atomic E-state index is 9.80. The largest absolute Gasteiger partial charge is 0.390 e. The predicted molar refractivity (Wildman–Crippen MR) is 70.0 cm³/mol. The van der Waals surface area contributed by atoms with Crippen molar-refractivity contribution in [1.82, 2.24) is 0 Å². The van der Waals surface area contributed by atoms with E-state index in [1.165, 1.54) is 25.7 Å². The number of rotatable bonds is 3. The molecule has 1 fully saturated rings. The molecule has 0 radical (unpaired) electrons. The zero-order chi connectivity index (χ0) is 11.7. The van der Waals surface area contributed by atoms with E-state index in [1.807, 2.05) is 13.8 Å². The Morgan fingerprint density at radius 1 is 1.07 bits per heavy atom. The topological polar surface area (TPSA) is 20.2 Å². The van der Waals surface area contributed by atoms with Crippen LogP contribution in [0.15, 0.2) is 0 Å². The SMILES string of the molecule is CC(C)(O)CC1CCC([Si](C)(C)C)CC1. The van der Waals surface area contributed by atoms with E-state index < -0.39 is 13.7 Å². The van der Waals surface area contributed by atoms with Crippen molar-refractivity contribution in [2.75, 3.05) is 0 Å². The lowest BCUT2D eigenvalue weighted by Crippen LogP contribution is -2.33. The van der Waals surface area contributed by atoms with Crippen molar-refractivity contribution in [2.45, 2.75) is 76.7 Å². The van der Waals surface area contributed by atoms with E-state index in [0.717, 1.165) is 17.9 Å². The maximum absolute atomic E-state index is 9.80. The van der Waals surface area contributed by atoms with Gasteiger partial charge in [-0.25, -0.2) is 0 Å². The molecule has 15 heavy (non-hydrogen) atoms. The minimum absolute atomic E-state index is 0.462. The Kier molecular flexibility index (Phi) is 4.05. The smallest absolute Gasteiger partial charge is 0.0594 e. The van der Waals surface area contributed by atoms with Crippen LogP contribution in [0.4, 0.5) is 0 Å². The lowest BCUT2D eigenvalue weighted by atomic mass is 9.82. The van der Waals surface area contributed by atoms with Gasteiger partial charge in [0.05, 0.1) is 5.60 Å². The summed E-state index contributed by atoms with van der Waals surface area (Å²) >= 11 is 0. The summed E-state index contributed by atoms with van der Waals surface area (Å²) in [5, 5.41) is 9.80. The van der Waals surface area contributed by atoms with Crippen molar-refractivity contribution in [1.29, 1.82) is 0 Å². The summed E-state index contributed by atoms with van der Waals surface area (Å²) in [5.74, 6) is 0.776. The van der Waals surface area contributed by atoms with Crippen molar-refractivity contribution in [3.05, 3.63) is 0 Å². The fourth-order valence-electron chi connectivity index (χ4n) is 2.94. The minimum atomic E-state index is -0.907. The molecule has 1 saturated carbocycles. The van der Waals surface area contributed by atoms with Crippen LogP contribution in [-0.4, -0.2) is 18.8 Å².